The van der Waals surface area contributed by atoms with Crippen LogP contribution in [0.2, 0.25) is 0 Å². The summed E-state index contributed by atoms with van der Waals surface area (Å²) in [7, 11) is 1.93. The number of hydrogen-bond donors (Lipinski definition) is 2. The smallest absolute Gasteiger partial charge is 0.119 e. The Hall–Kier alpha value is -1.06. The second kappa shape index (κ2) is 6.51. The molecule has 2 unspecified atom stereocenters. The highest BCUT2D eigenvalue weighted by Crippen LogP contribution is 2.18. The Morgan fingerprint density at radius 3 is 2.81 bits per heavy atom. The molecule has 0 amide bonds. The number of aliphatic hydroxyl groups excluding tert-OH is 1. The van der Waals surface area contributed by atoms with Crippen LogP contribution in [0.1, 0.15) is 31.9 Å². The van der Waals surface area contributed by atoms with Crippen molar-refractivity contribution in [3.05, 3.63) is 29.8 Å². The van der Waals surface area contributed by atoms with Crippen LogP contribution in [0.15, 0.2) is 24.3 Å². The van der Waals surface area contributed by atoms with Gasteiger partial charge in [-0.3, -0.25) is 0 Å². The highest BCUT2D eigenvalue weighted by atomic mass is 16.5. The topological polar surface area (TPSA) is 41.5 Å². The van der Waals surface area contributed by atoms with E-state index < -0.39 is 0 Å². The summed E-state index contributed by atoms with van der Waals surface area (Å²) in [6.45, 7) is 4.39. The normalized spacial score (nSPS) is 14.5. The van der Waals surface area contributed by atoms with Gasteiger partial charge in [-0.2, -0.15) is 0 Å². The fourth-order valence-corrected chi connectivity index (χ4v) is 1.35. The summed E-state index contributed by atoms with van der Waals surface area (Å²) in [6, 6.07) is 8.25. The Labute approximate surface area is 97.4 Å². The lowest BCUT2D eigenvalue weighted by Crippen LogP contribution is -2.16. The number of hydrogen-bond acceptors (Lipinski definition) is 3. The van der Waals surface area contributed by atoms with Gasteiger partial charge in [0.25, 0.3) is 0 Å². The fourth-order valence-electron chi connectivity index (χ4n) is 1.35. The molecule has 3 heteroatoms. The Balaban J connectivity index is 2.60. The number of rotatable bonds is 6. The molecule has 90 valence electrons. The van der Waals surface area contributed by atoms with E-state index in [0.717, 1.165) is 5.75 Å². The van der Waals surface area contributed by atoms with Crippen molar-refractivity contribution in [2.75, 3.05) is 13.7 Å². The molecule has 16 heavy (non-hydrogen) atoms. The van der Waals surface area contributed by atoms with Gasteiger partial charge in [0.05, 0.1) is 6.10 Å². The van der Waals surface area contributed by atoms with Gasteiger partial charge in [-0.1, -0.05) is 19.1 Å². The molecule has 3 nitrogen and oxygen atoms in total. The summed E-state index contributed by atoms with van der Waals surface area (Å²) in [6.07, 6.45) is 0.331. The molecule has 0 radical (unpaired) electrons. The lowest BCUT2D eigenvalue weighted by Gasteiger charge is -2.14. The molecule has 0 fully saturated rings. The van der Waals surface area contributed by atoms with Crippen molar-refractivity contribution >= 4 is 0 Å². The molecule has 0 saturated carbocycles. The van der Waals surface area contributed by atoms with Crippen LogP contribution in [-0.4, -0.2) is 24.9 Å². The van der Waals surface area contributed by atoms with Gasteiger partial charge in [-0.15, -0.1) is 0 Å². The molecule has 0 heterocycles. The minimum atomic E-state index is -0.384. The van der Waals surface area contributed by atoms with Crippen molar-refractivity contribution in [3.8, 4) is 5.75 Å². The van der Waals surface area contributed by atoms with E-state index in [4.69, 9.17) is 4.74 Å². The van der Waals surface area contributed by atoms with Gasteiger partial charge >= 0.3 is 0 Å². The number of ether oxygens (including phenoxy) is 1. The first-order valence-electron chi connectivity index (χ1n) is 5.75. The molecule has 1 aromatic rings. The summed E-state index contributed by atoms with van der Waals surface area (Å²) < 4.78 is 5.52. The van der Waals surface area contributed by atoms with Gasteiger partial charge in [-0.05, 0) is 38.1 Å². The predicted molar refractivity (Wildman–Crippen MR) is 65.7 cm³/mol. The van der Waals surface area contributed by atoms with E-state index in [1.807, 2.05) is 32.2 Å². The molecule has 0 bridgehead atoms. The van der Waals surface area contributed by atoms with Gasteiger partial charge < -0.3 is 15.2 Å². The Morgan fingerprint density at radius 2 is 2.19 bits per heavy atom. The molecule has 1 aromatic carbocycles. The van der Waals surface area contributed by atoms with Gasteiger partial charge in [0.1, 0.15) is 12.4 Å². The van der Waals surface area contributed by atoms with Crippen LogP contribution in [0.4, 0.5) is 0 Å². The van der Waals surface area contributed by atoms with Crippen LogP contribution >= 0.6 is 0 Å². The van der Waals surface area contributed by atoms with Gasteiger partial charge in [-0.25, -0.2) is 0 Å². The average Bonchev–Trinajstić information content (AvgIpc) is 2.35. The Kier molecular flexibility index (Phi) is 5.29. The molecule has 0 aliphatic heterocycles. The minimum Gasteiger partial charge on any atom is -0.491 e. The third-order valence-electron chi connectivity index (χ3n) is 2.70. The zero-order chi connectivity index (χ0) is 12.0. The maximum atomic E-state index is 9.41. The van der Waals surface area contributed by atoms with Crippen molar-refractivity contribution in [2.24, 2.45) is 0 Å². The first-order chi connectivity index (χ1) is 7.67. The standard InChI is InChI=1S/C13H21NO2/c1-4-12(15)9-16-13-7-5-6-11(8-13)10(2)14-3/h5-8,10,12,14-15H,4,9H2,1-3H3. The predicted octanol–water partition coefficient (Wildman–Crippen LogP) is 2.12. The first kappa shape index (κ1) is 13.0. The molecule has 2 atom stereocenters. The molecular formula is C13H21NO2. The van der Waals surface area contributed by atoms with E-state index in [2.05, 4.69) is 18.3 Å². The SMILES string of the molecule is CCC(O)COc1cccc(C(C)NC)c1. The largest absolute Gasteiger partial charge is 0.491 e. The lowest BCUT2D eigenvalue weighted by molar-refractivity contribution is 0.104. The number of nitrogens with one attached hydrogen (secondary N) is 1. The van der Waals surface area contributed by atoms with Gasteiger partial charge in [0, 0.05) is 6.04 Å². The second-order valence-corrected chi connectivity index (χ2v) is 3.96. The molecule has 0 spiro atoms. The van der Waals surface area contributed by atoms with Gasteiger partial charge in [0.2, 0.25) is 0 Å². The highest BCUT2D eigenvalue weighted by molar-refractivity contribution is 5.30. The Morgan fingerprint density at radius 1 is 1.44 bits per heavy atom. The summed E-state index contributed by atoms with van der Waals surface area (Å²) in [4.78, 5) is 0. The molecule has 0 aliphatic carbocycles. The summed E-state index contributed by atoms with van der Waals surface area (Å²) >= 11 is 0. The summed E-state index contributed by atoms with van der Waals surface area (Å²) in [5, 5.41) is 12.6. The van der Waals surface area contributed by atoms with E-state index in [-0.39, 0.29) is 6.10 Å². The van der Waals surface area contributed by atoms with Crippen molar-refractivity contribution in [1.82, 2.24) is 5.32 Å². The van der Waals surface area contributed by atoms with Crippen LogP contribution in [0.5, 0.6) is 5.75 Å². The molecule has 1 rings (SSSR count). The summed E-state index contributed by atoms with van der Waals surface area (Å²) in [5.74, 6) is 0.812. The number of benzene rings is 1. The van der Waals surface area contributed by atoms with E-state index in [0.29, 0.717) is 19.1 Å². The van der Waals surface area contributed by atoms with Crippen LogP contribution < -0.4 is 10.1 Å². The third-order valence-corrected chi connectivity index (χ3v) is 2.70. The van der Waals surface area contributed by atoms with E-state index in [9.17, 15) is 5.11 Å². The van der Waals surface area contributed by atoms with Crippen molar-refractivity contribution in [1.29, 1.82) is 0 Å². The highest BCUT2D eigenvalue weighted by Gasteiger charge is 2.05. The Bertz CT molecular complexity index is 315. The van der Waals surface area contributed by atoms with Crippen molar-refractivity contribution in [2.45, 2.75) is 32.4 Å². The molecule has 0 saturated heterocycles. The van der Waals surface area contributed by atoms with E-state index in [1.165, 1.54) is 5.56 Å². The fraction of sp³-hybridized carbons (Fsp3) is 0.538. The van der Waals surface area contributed by atoms with Crippen molar-refractivity contribution < 1.29 is 9.84 Å². The first-order valence-corrected chi connectivity index (χ1v) is 5.75. The molecule has 2 N–H and O–H groups in total. The van der Waals surface area contributed by atoms with Gasteiger partial charge in [0.15, 0.2) is 0 Å². The quantitative estimate of drug-likeness (QED) is 0.776. The van der Waals surface area contributed by atoms with E-state index in [1.54, 1.807) is 0 Å². The minimum absolute atomic E-state index is 0.305. The zero-order valence-electron chi connectivity index (χ0n) is 10.2. The average molecular weight is 223 g/mol. The van der Waals surface area contributed by atoms with Crippen LogP contribution in [0.25, 0.3) is 0 Å². The summed E-state index contributed by atoms with van der Waals surface area (Å²) in [5.41, 5.74) is 1.19. The zero-order valence-corrected chi connectivity index (χ0v) is 10.2. The van der Waals surface area contributed by atoms with Crippen LogP contribution in [0.3, 0.4) is 0 Å². The lowest BCUT2D eigenvalue weighted by atomic mass is 10.1. The molecule has 0 aromatic heterocycles. The molecular weight excluding hydrogens is 202 g/mol. The molecule has 0 aliphatic rings. The monoisotopic (exact) mass is 223 g/mol. The third kappa shape index (κ3) is 3.83. The number of aliphatic hydroxyl groups is 1. The maximum Gasteiger partial charge on any atom is 0.119 e. The van der Waals surface area contributed by atoms with Crippen LogP contribution in [0, 0.1) is 0 Å². The maximum absolute atomic E-state index is 9.41. The second-order valence-electron chi connectivity index (χ2n) is 3.96. The van der Waals surface area contributed by atoms with Crippen molar-refractivity contribution in [3.63, 3.8) is 0 Å². The van der Waals surface area contributed by atoms with Crippen LogP contribution in [-0.2, 0) is 0 Å². The van der Waals surface area contributed by atoms with E-state index >= 15 is 0 Å².